The molecule has 2 aromatic carbocycles. The molecule has 4 rings (SSSR count). The molecule has 35 heavy (non-hydrogen) atoms. The van der Waals surface area contributed by atoms with E-state index in [1.165, 1.54) is 6.07 Å². The minimum Gasteiger partial charge on any atom is -0.481 e. The first-order valence-electron chi connectivity index (χ1n) is 11.8. The number of hydrogen-bond donors (Lipinski definition) is 0. The van der Waals surface area contributed by atoms with Crippen LogP contribution in [0, 0.1) is 5.92 Å². The first kappa shape index (κ1) is 24.8. The van der Waals surface area contributed by atoms with E-state index < -0.39 is 11.7 Å². The van der Waals surface area contributed by atoms with Gasteiger partial charge in [0.2, 0.25) is 0 Å². The van der Waals surface area contributed by atoms with Crippen LogP contribution in [0.1, 0.15) is 33.1 Å². The number of piperidine rings is 1. The van der Waals surface area contributed by atoms with Crippen LogP contribution >= 0.6 is 11.6 Å². The van der Waals surface area contributed by atoms with Crippen molar-refractivity contribution in [2.24, 2.45) is 5.92 Å². The molecule has 2 heterocycles. The lowest BCUT2D eigenvalue weighted by Crippen LogP contribution is -2.46. The zero-order valence-corrected chi connectivity index (χ0v) is 20.5. The predicted molar refractivity (Wildman–Crippen MR) is 134 cm³/mol. The van der Waals surface area contributed by atoms with Gasteiger partial charge in [0.1, 0.15) is 11.3 Å². The van der Waals surface area contributed by atoms with E-state index in [2.05, 4.69) is 0 Å². The lowest BCUT2D eigenvalue weighted by molar-refractivity contribution is -0.147. The minimum absolute atomic E-state index is 0.0807. The Labute approximate surface area is 208 Å². The Hall–Kier alpha value is -3.32. The number of halogens is 1. The van der Waals surface area contributed by atoms with Gasteiger partial charge in [0.05, 0.1) is 13.0 Å². The number of benzene rings is 2. The molecular formula is C27H28ClNO6. The van der Waals surface area contributed by atoms with Gasteiger partial charge in [-0.25, -0.2) is 4.79 Å². The second kappa shape index (κ2) is 11.0. The van der Waals surface area contributed by atoms with E-state index in [-0.39, 0.29) is 17.8 Å². The van der Waals surface area contributed by atoms with Crippen molar-refractivity contribution >= 4 is 34.4 Å². The molecule has 2 unspecified atom stereocenters. The third kappa shape index (κ3) is 5.85. The molecular weight excluding hydrogens is 470 g/mol. The normalized spacial score (nSPS) is 16.7. The molecule has 0 saturated carbocycles. The topological polar surface area (TPSA) is 86.0 Å². The third-order valence-electron chi connectivity index (χ3n) is 6.13. The Morgan fingerprint density at radius 1 is 1.17 bits per heavy atom. The molecule has 1 fully saturated rings. The van der Waals surface area contributed by atoms with Crippen molar-refractivity contribution in [2.75, 3.05) is 19.7 Å². The average Bonchev–Trinajstić information content (AvgIpc) is 2.83. The third-order valence-corrected chi connectivity index (χ3v) is 6.46. The van der Waals surface area contributed by atoms with Gasteiger partial charge in [-0.2, -0.15) is 0 Å². The van der Waals surface area contributed by atoms with Gasteiger partial charge in [0.15, 0.2) is 6.10 Å². The molecule has 1 aliphatic rings. The summed E-state index contributed by atoms with van der Waals surface area (Å²) in [5.41, 5.74) is 1.23. The van der Waals surface area contributed by atoms with Crippen LogP contribution in [-0.4, -0.2) is 42.6 Å². The fraction of sp³-hybridized carbons (Fsp3) is 0.370. The number of amides is 1. The highest BCUT2D eigenvalue weighted by Gasteiger charge is 2.29. The summed E-state index contributed by atoms with van der Waals surface area (Å²) in [5.74, 6) is 0.116. The summed E-state index contributed by atoms with van der Waals surface area (Å²) in [7, 11) is 0. The minimum atomic E-state index is -0.743. The maximum atomic E-state index is 13.1. The number of ether oxygens (including phenoxy) is 2. The number of esters is 1. The first-order chi connectivity index (χ1) is 16.9. The monoisotopic (exact) mass is 497 g/mol. The number of carbonyl (C=O) groups excluding carboxylic acids is 2. The lowest BCUT2D eigenvalue weighted by Gasteiger charge is -2.34. The summed E-state index contributed by atoms with van der Waals surface area (Å²) < 4.78 is 16.4. The molecule has 2 atom stereocenters. The smallest absolute Gasteiger partial charge is 0.336 e. The molecule has 1 saturated heterocycles. The van der Waals surface area contributed by atoms with Gasteiger partial charge in [0.25, 0.3) is 5.91 Å². The van der Waals surface area contributed by atoms with E-state index in [1.54, 1.807) is 43.0 Å². The molecule has 0 bridgehead atoms. The van der Waals surface area contributed by atoms with E-state index in [1.807, 2.05) is 18.2 Å². The number of hydrogen-bond acceptors (Lipinski definition) is 6. The van der Waals surface area contributed by atoms with Crippen molar-refractivity contribution in [3.63, 3.8) is 0 Å². The summed E-state index contributed by atoms with van der Waals surface area (Å²) in [6.07, 6.45) is 1.28. The molecule has 1 aliphatic heterocycles. The van der Waals surface area contributed by atoms with Gasteiger partial charge in [-0.3, -0.25) is 9.59 Å². The van der Waals surface area contributed by atoms with Gasteiger partial charge in [-0.05, 0) is 50.8 Å². The molecule has 7 nitrogen and oxygen atoms in total. The van der Waals surface area contributed by atoms with Crippen LogP contribution in [0.4, 0.5) is 0 Å². The standard InChI is InChI=1S/C27H28ClNO6/c1-3-33-25(30)13-18-7-6-12-29(16-18)27(32)17(2)34-19-10-11-21-22(15-26(31)35-24(21)14-19)20-8-4-5-9-23(20)28/h4-5,8-11,14-15,17-18H,3,6-7,12-13,16H2,1-2H3. The quantitative estimate of drug-likeness (QED) is 0.334. The molecule has 8 heteroatoms. The van der Waals surface area contributed by atoms with E-state index in [0.717, 1.165) is 18.4 Å². The Kier molecular flexibility index (Phi) is 7.76. The fourth-order valence-electron chi connectivity index (χ4n) is 4.52. The second-order valence-electron chi connectivity index (χ2n) is 8.68. The summed E-state index contributed by atoms with van der Waals surface area (Å²) >= 11 is 6.35. The summed E-state index contributed by atoms with van der Waals surface area (Å²) in [6, 6.07) is 13.8. The van der Waals surface area contributed by atoms with Crippen LogP contribution in [0.3, 0.4) is 0 Å². The Morgan fingerprint density at radius 2 is 1.97 bits per heavy atom. The number of carbonyl (C=O) groups is 2. The van der Waals surface area contributed by atoms with Crippen molar-refractivity contribution in [2.45, 2.75) is 39.2 Å². The number of likely N-dealkylation sites (tertiary alicyclic amines) is 1. The number of fused-ring (bicyclic) bond motifs is 1. The summed E-state index contributed by atoms with van der Waals surface area (Å²) in [6.45, 7) is 4.95. The molecule has 0 radical (unpaired) electrons. The number of rotatable bonds is 7. The lowest BCUT2D eigenvalue weighted by atomic mass is 9.94. The van der Waals surface area contributed by atoms with Gasteiger partial charge in [-0.15, -0.1) is 0 Å². The van der Waals surface area contributed by atoms with Crippen molar-refractivity contribution in [1.29, 1.82) is 0 Å². The Morgan fingerprint density at radius 3 is 2.74 bits per heavy atom. The largest absolute Gasteiger partial charge is 0.481 e. The van der Waals surface area contributed by atoms with Crippen molar-refractivity contribution < 1.29 is 23.5 Å². The highest BCUT2D eigenvalue weighted by molar-refractivity contribution is 6.33. The summed E-state index contributed by atoms with van der Waals surface area (Å²) in [4.78, 5) is 38.9. The van der Waals surface area contributed by atoms with E-state index in [4.69, 9.17) is 25.5 Å². The molecule has 1 aromatic heterocycles. The van der Waals surface area contributed by atoms with Crippen LogP contribution in [0.2, 0.25) is 5.02 Å². The first-order valence-corrected chi connectivity index (χ1v) is 12.2. The Bertz CT molecular complexity index is 1290. The van der Waals surface area contributed by atoms with Gasteiger partial charge in [-0.1, -0.05) is 29.8 Å². The molecule has 0 aliphatic carbocycles. The van der Waals surface area contributed by atoms with Gasteiger partial charge >= 0.3 is 11.6 Å². The zero-order chi connectivity index (χ0) is 24.9. The van der Waals surface area contributed by atoms with Crippen LogP contribution in [-0.2, 0) is 14.3 Å². The number of nitrogens with zero attached hydrogens (tertiary/aromatic N) is 1. The van der Waals surface area contributed by atoms with Crippen molar-refractivity contribution in [3.05, 3.63) is 64.0 Å². The molecule has 0 spiro atoms. The molecule has 3 aromatic rings. The van der Waals surface area contributed by atoms with Gasteiger partial charge < -0.3 is 18.8 Å². The van der Waals surface area contributed by atoms with Crippen LogP contribution in [0.25, 0.3) is 22.1 Å². The van der Waals surface area contributed by atoms with Crippen LogP contribution < -0.4 is 10.4 Å². The highest BCUT2D eigenvalue weighted by atomic mass is 35.5. The maximum absolute atomic E-state index is 13.1. The SMILES string of the molecule is CCOC(=O)CC1CCCN(C(=O)C(C)Oc2ccc3c(-c4ccccc4Cl)cc(=O)oc3c2)C1. The van der Waals surface area contributed by atoms with Crippen molar-refractivity contribution in [3.8, 4) is 16.9 Å². The highest BCUT2D eigenvalue weighted by Crippen LogP contribution is 2.34. The fourth-order valence-corrected chi connectivity index (χ4v) is 4.76. The maximum Gasteiger partial charge on any atom is 0.336 e. The van der Waals surface area contributed by atoms with Gasteiger partial charge in [0, 0.05) is 46.8 Å². The Balaban J connectivity index is 1.49. The summed E-state index contributed by atoms with van der Waals surface area (Å²) in [5, 5.41) is 1.24. The second-order valence-corrected chi connectivity index (χ2v) is 9.09. The van der Waals surface area contributed by atoms with E-state index >= 15 is 0 Å². The molecule has 184 valence electrons. The van der Waals surface area contributed by atoms with Crippen LogP contribution in [0.5, 0.6) is 5.75 Å². The average molecular weight is 498 g/mol. The van der Waals surface area contributed by atoms with Crippen LogP contribution in [0.15, 0.2) is 57.7 Å². The molecule has 0 N–H and O–H groups in total. The van der Waals surface area contributed by atoms with E-state index in [9.17, 15) is 14.4 Å². The van der Waals surface area contributed by atoms with Crippen molar-refractivity contribution in [1.82, 2.24) is 4.90 Å². The van der Waals surface area contributed by atoms with E-state index in [0.29, 0.717) is 53.4 Å². The zero-order valence-electron chi connectivity index (χ0n) is 19.8. The molecule has 1 amide bonds. The predicted octanol–water partition coefficient (Wildman–Crippen LogP) is 5.07.